The summed E-state index contributed by atoms with van der Waals surface area (Å²) in [5.41, 5.74) is 4.44. The van der Waals surface area contributed by atoms with Gasteiger partial charge in [-0.2, -0.15) is 5.10 Å². The molecule has 4 rings (SSSR count). The summed E-state index contributed by atoms with van der Waals surface area (Å²) in [7, 11) is 1.69. The summed E-state index contributed by atoms with van der Waals surface area (Å²) in [5.74, 6) is 1.89. The summed E-state index contributed by atoms with van der Waals surface area (Å²) >= 11 is 2.34. The smallest absolute Gasteiger partial charge is 0.144 e. The number of rotatable bonds is 3. The molecule has 1 aromatic heterocycles. The van der Waals surface area contributed by atoms with Crippen LogP contribution in [0.1, 0.15) is 5.56 Å². The minimum Gasteiger partial charge on any atom is -0.494 e. The zero-order valence-electron chi connectivity index (χ0n) is 12.7. The number of hydrogen-bond donors (Lipinski definition) is 1. The monoisotopic (exact) mass is 417 g/mol. The molecule has 0 fully saturated rings. The van der Waals surface area contributed by atoms with Crippen molar-refractivity contribution in [1.82, 2.24) is 9.78 Å². The Balaban J connectivity index is 1.92. The molecule has 0 saturated heterocycles. The number of hydrogen-bond acceptors (Lipinski definition) is 3. The van der Waals surface area contributed by atoms with Gasteiger partial charge in [-0.1, -0.05) is 24.3 Å². The summed E-state index contributed by atoms with van der Waals surface area (Å²) in [4.78, 5) is 0. The summed E-state index contributed by atoms with van der Waals surface area (Å²) in [6.45, 7) is 0.944. The molecular formula is C18H16IN3O. The number of ether oxygens (including phenoxy) is 1. The van der Waals surface area contributed by atoms with E-state index >= 15 is 0 Å². The first-order valence-corrected chi connectivity index (χ1v) is 8.61. The zero-order valence-corrected chi connectivity index (χ0v) is 14.9. The van der Waals surface area contributed by atoms with Gasteiger partial charge in [-0.25, -0.2) is 4.68 Å². The second-order valence-corrected chi connectivity index (χ2v) is 6.69. The molecule has 0 bridgehead atoms. The average Bonchev–Trinajstić information content (AvgIpc) is 3.17. The largest absolute Gasteiger partial charge is 0.494 e. The molecule has 5 heteroatoms. The van der Waals surface area contributed by atoms with Crippen LogP contribution in [0.5, 0.6) is 5.75 Å². The number of para-hydroxylation sites is 2. The molecule has 1 N–H and O–H groups in total. The van der Waals surface area contributed by atoms with Gasteiger partial charge in [-0.15, -0.1) is 0 Å². The van der Waals surface area contributed by atoms with Crippen molar-refractivity contribution in [3.63, 3.8) is 0 Å². The first-order valence-electron chi connectivity index (χ1n) is 7.53. The maximum absolute atomic E-state index is 5.50. The molecule has 0 radical (unpaired) electrons. The summed E-state index contributed by atoms with van der Waals surface area (Å²) in [5, 5.41) is 8.36. The SMILES string of the molecule is COc1ccccc1-n1nc(-c2cccc(I)c2)c2c1NCC2. The number of aromatic nitrogens is 2. The van der Waals surface area contributed by atoms with Crippen LogP contribution in [-0.2, 0) is 6.42 Å². The van der Waals surface area contributed by atoms with Crippen molar-refractivity contribution in [3.05, 3.63) is 57.7 Å². The fourth-order valence-electron chi connectivity index (χ4n) is 3.02. The lowest BCUT2D eigenvalue weighted by molar-refractivity contribution is 0.412. The van der Waals surface area contributed by atoms with Crippen molar-refractivity contribution >= 4 is 28.4 Å². The Hall–Kier alpha value is -2.02. The predicted molar refractivity (Wildman–Crippen MR) is 100 cm³/mol. The van der Waals surface area contributed by atoms with Gasteiger partial charge in [0.05, 0.1) is 12.8 Å². The summed E-state index contributed by atoms with van der Waals surface area (Å²) < 4.78 is 8.69. The second-order valence-electron chi connectivity index (χ2n) is 5.45. The lowest BCUT2D eigenvalue weighted by Crippen LogP contribution is -2.05. The Labute approximate surface area is 148 Å². The van der Waals surface area contributed by atoms with Gasteiger partial charge in [0, 0.05) is 21.2 Å². The van der Waals surface area contributed by atoms with Crippen molar-refractivity contribution in [1.29, 1.82) is 0 Å². The molecule has 0 unspecified atom stereocenters. The van der Waals surface area contributed by atoms with Crippen LogP contribution in [0.2, 0.25) is 0 Å². The minimum absolute atomic E-state index is 0.820. The Morgan fingerprint density at radius 3 is 2.87 bits per heavy atom. The number of fused-ring (bicyclic) bond motifs is 1. The molecule has 3 aromatic rings. The molecule has 0 atom stereocenters. The van der Waals surface area contributed by atoms with Crippen LogP contribution in [0.4, 0.5) is 5.82 Å². The topological polar surface area (TPSA) is 39.1 Å². The molecule has 0 aliphatic carbocycles. The Bertz CT molecular complexity index is 872. The molecule has 0 amide bonds. The van der Waals surface area contributed by atoms with E-state index in [0.29, 0.717) is 0 Å². The molecular weight excluding hydrogens is 401 g/mol. The minimum atomic E-state index is 0.820. The maximum atomic E-state index is 5.50. The molecule has 1 aliphatic heterocycles. The first kappa shape index (κ1) is 14.6. The quantitative estimate of drug-likeness (QED) is 0.652. The van der Waals surface area contributed by atoms with Gasteiger partial charge >= 0.3 is 0 Å². The Kier molecular flexibility index (Phi) is 3.72. The first-order chi connectivity index (χ1) is 11.3. The van der Waals surface area contributed by atoms with Crippen LogP contribution in [0.3, 0.4) is 0 Å². The van der Waals surface area contributed by atoms with Gasteiger partial charge in [-0.05, 0) is 53.3 Å². The third-order valence-electron chi connectivity index (χ3n) is 4.06. The van der Waals surface area contributed by atoms with E-state index < -0.39 is 0 Å². The number of nitrogens with one attached hydrogen (secondary N) is 1. The van der Waals surface area contributed by atoms with Gasteiger partial charge in [0.2, 0.25) is 0 Å². The van der Waals surface area contributed by atoms with Crippen molar-refractivity contribution < 1.29 is 4.74 Å². The van der Waals surface area contributed by atoms with Crippen molar-refractivity contribution in [2.24, 2.45) is 0 Å². The van der Waals surface area contributed by atoms with Crippen LogP contribution in [0.25, 0.3) is 16.9 Å². The fraction of sp³-hybridized carbons (Fsp3) is 0.167. The van der Waals surface area contributed by atoms with Crippen LogP contribution >= 0.6 is 22.6 Å². The number of halogens is 1. The lowest BCUT2D eigenvalue weighted by atomic mass is 10.1. The molecule has 4 nitrogen and oxygen atoms in total. The van der Waals surface area contributed by atoms with Gasteiger partial charge in [0.25, 0.3) is 0 Å². The van der Waals surface area contributed by atoms with E-state index in [1.165, 1.54) is 9.13 Å². The standard InChI is InChI=1S/C18H16IN3O/c1-23-16-8-3-2-7-15(16)22-18-14(9-10-20-18)17(21-22)12-5-4-6-13(19)11-12/h2-8,11,20H,9-10H2,1H3. The van der Waals surface area contributed by atoms with Crippen molar-refractivity contribution in [2.75, 3.05) is 19.0 Å². The van der Waals surface area contributed by atoms with Gasteiger partial charge < -0.3 is 10.1 Å². The van der Waals surface area contributed by atoms with E-state index in [0.717, 1.165) is 41.5 Å². The molecule has 0 spiro atoms. The number of benzene rings is 2. The highest BCUT2D eigenvalue weighted by Crippen LogP contribution is 2.36. The highest BCUT2D eigenvalue weighted by molar-refractivity contribution is 14.1. The van der Waals surface area contributed by atoms with E-state index in [9.17, 15) is 0 Å². The molecule has 2 heterocycles. The van der Waals surface area contributed by atoms with E-state index in [2.05, 4.69) is 52.2 Å². The van der Waals surface area contributed by atoms with E-state index in [1.807, 2.05) is 28.9 Å². The number of nitrogens with zero attached hydrogens (tertiary/aromatic N) is 2. The van der Waals surface area contributed by atoms with Gasteiger partial charge in [0.15, 0.2) is 0 Å². The van der Waals surface area contributed by atoms with E-state index in [1.54, 1.807) is 7.11 Å². The van der Waals surface area contributed by atoms with Crippen LogP contribution < -0.4 is 10.1 Å². The molecule has 1 aliphatic rings. The van der Waals surface area contributed by atoms with Crippen molar-refractivity contribution in [3.8, 4) is 22.7 Å². The highest BCUT2D eigenvalue weighted by atomic mass is 127. The third-order valence-corrected chi connectivity index (χ3v) is 4.73. The molecule has 116 valence electrons. The van der Waals surface area contributed by atoms with Crippen molar-refractivity contribution in [2.45, 2.75) is 6.42 Å². The highest BCUT2D eigenvalue weighted by Gasteiger charge is 2.25. The Morgan fingerprint density at radius 1 is 1.17 bits per heavy atom. The molecule has 0 saturated carbocycles. The summed E-state index contributed by atoms with van der Waals surface area (Å²) in [6, 6.07) is 16.4. The molecule has 2 aromatic carbocycles. The van der Waals surface area contributed by atoms with Gasteiger partial charge in [0.1, 0.15) is 17.3 Å². The number of methoxy groups -OCH3 is 1. The van der Waals surface area contributed by atoms with E-state index in [4.69, 9.17) is 9.84 Å². The zero-order chi connectivity index (χ0) is 15.8. The van der Waals surface area contributed by atoms with Crippen LogP contribution in [0, 0.1) is 3.57 Å². The average molecular weight is 417 g/mol. The normalized spacial score (nSPS) is 12.8. The van der Waals surface area contributed by atoms with Crippen LogP contribution in [-0.4, -0.2) is 23.4 Å². The maximum Gasteiger partial charge on any atom is 0.144 e. The fourth-order valence-corrected chi connectivity index (χ4v) is 3.56. The van der Waals surface area contributed by atoms with Crippen LogP contribution in [0.15, 0.2) is 48.5 Å². The summed E-state index contributed by atoms with van der Waals surface area (Å²) in [6.07, 6.45) is 0.991. The predicted octanol–water partition coefficient (Wildman–Crippen LogP) is 4.12. The van der Waals surface area contributed by atoms with Gasteiger partial charge in [-0.3, -0.25) is 0 Å². The lowest BCUT2D eigenvalue weighted by Gasteiger charge is -2.10. The number of anilines is 1. The second kappa shape index (κ2) is 5.88. The Morgan fingerprint density at radius 2 is 2.04 bits per heavy atom. The van der Waals surface area contributed by atoms with E-state index in [-0.39, 0.29) is 0 Å². The molecule has 23 heavy (non-hydrogen) atoms. The third kappa shape index (κ3) is 2.49.